The zero-order valence-corrected chi connectivity index (χ0v) is 14.2. The number of benzene rings is 1. The highest BCUT2D eigenvalue weighted by molar-refractivity contribution is 7.89. The molecule has 1 aromatic carbocycles. The number of nitrogens with one attached hydrogen (secondary N) is 1. The van der Waals surface area contributed by atoms with Crippen LogP contribution in [-0.4, -0.2) is 51.9 Å². The first-order valence-corrected chi connectivity index (χ1v) is 9.07. The van der Waals surface area contributed by atoms with Crippen molar-refractivity contribution in [3.63, 3.8) is 0 Å². The molecule has 0 saturated carbocycles. The van der Waals surface area contributed by atoms with Crippen LogP contribution in [0.15, 0.2) is 29.2 Å². The molecular weight excluding hydrogens is 334 g/mol. The summed E-state index contributed by atoms with van der Waals surface area (Å²) in [5.41, 5.74) is 0.371. The molecule has 9 heteroatoms. The number of ether oxygens (including phenoxy) is 1. The number of piperidine rings is 1. The van der Waals surface area contributed by atoms with Crippen LogP contribution < -0.4 is 10.5 Å². The number of hydrogen-bond donors (Lipinski definition) is 2. The summed E-state index contributed by atoms with van der Waals surface area (Å²) in [6.07, 6.45) is 1.31. The molecule has 1 fully saturated rings. The standard InChI is InChI=1S/C15H21N3O5S/c1-23-15(20)11-5-7-18(8-6-11)10-14(19)17-12-3-2-4-13(9-12)24(16,21)22/h2-4,9,11H,5-8,10H2,1H3,(H,17,19)(H2,16,21,22). The number of sulfonamides is 1. The van der Waals surface area contributed by atoms with Gasteiger partial charge < -0.3 is 10.1 Å². The van der Waals surface area contributed by atoms with Crippen LogP contribution in [0.4, 0.5) is 5.69 Å². The Labute approximate surface area is 141 Å². The van der Waals surface area contributed by atoms with Gasteiger partial charge in [0, 0.05) is 5.69 Å². The smallest absolute Gasteiger partial charge is 0.308 e. The lowest BCUT2D eigenvalue weighted by Crippen LogP contribution is -2.41. The van der Waals surface area contributed by atoms with Gasteiger partial charge in [0.15, 0.2) is 0 Å². The molecule has 1 heterocycles. The van der Waals surface area contributed by atoms with Crippen molar-refractivity contribution in [2.75, 3.05) is 32.1 Å². The van der Waals surface area contributed by atoms with Crippen LogP contribution in [0.25, 0.3) is 0 Å². The number of primary sulfonamides is 1. The fraction of sp³-hybridized carbons (Fsp3) is 0.467. The van der Waals surface area contributed by atoms with Gasteiger partial charge in [0.2, 0.25) is 15.9 Å². The Balaban J connectivity index is 1.87. The molecule has 1 aromatic rings. The second-order valence-corrected chi connectivity index (χ2v) is 7.26. The molecule has 0 aromatic heterocycles. The number of amides is 1. The summed E-state index contributed by atoms with van der Waals surface area (Å²) in [5, 5.41) is 7.72. The van der Waals surface area contributed by atoms with E-state index in [2.05, 4.69) is 5.32 Å². The molecule has 1 aliphatic heterocycles. The maximum Gasteiger partial charge on any atom is 0.308 e. The zero-order chi connectivity index (χ0) is 17.7. The van der Waals surface area contributed by atoms with Gasteiger partial charge in [-0.25, -0.2) is 13.6 Å². The lowest BCUT2D eigenvalue weighted by molar-refractivity contribution is -0.147. The fourth-order valence-electron chi connectivity index (χ4n) is 2.65. The second-order valence-electron chi connectivity index (χ2n) is 5.69. The van der Waals surface area contributed by atoms with Crippen LogP contribution in [0.1, 0.15) is 12.8 Å². The number of rotatable bonds is 5. The Bertz CT molecular complexity index is 712. The first-order chi connectivity index (χ1) is 11.3. The molecule has 0 radical (unpaired) electrons. The Kier molecular flexibility index (Phi) is 5.92. The van der Waals surface area contributed by atoms with Crippen LogP contribution in [-0.2, 0) is 24.3 Å². The van der Waals surface area contributed by atoms with Crippen LogP contribution in [0, 0.1) is 5.92 Å². The maximum absolute atomic E-state index is 12.1. The van der Waals surface area contributed by atoms with Crippen LogP contribution in [0.5, 0.6) is 0 Å². The molecular formula is C15H21N3O5S. The summed E-state index contributed by atoms with van der Waals surface area (Å²) < 4.78 is 27.4. The van der Waals surface area contributed by atoms with Gasteiger partial charge >= 0.3 is 5.97 Å². The largest absolute Gasteiger partial charge is 0.469 e. The van der Waals surface area contributed by atoms with Crippen molar-refractivity contribution in [3.8, 4) is 0 Å². The Morgan fingerprint density at radius 2 is 2.00 bits per heavy atom. The monoisotopic (exact) mass is 355 g/mol. The van der Waals surface area contributed by atoms with Crippen molar-refractivity contribution in [1.82, 2.24) is 4.90 Å². The Morgan fingerprint density at radius 1 is 1.33 bits per heavy atom. The van der Waals surface area contributed by atoms with E-state index < -0.39 is 10.0 Å². The van der Waals surface area contributed by atoms with Gasteiger partial charge in [-0.2, -0.15) is 0 Å². The van der Waals surface area contributed by atoms with Gasteiger partial charge in [0.1, 0.15) is 0 Å². The summed E-state index contributed by atoms with van der Waals surface area (Å²) >= 11 is 0. The van der Waals surface area contributed by atoms with Crippen molar-refractivity contribution < 1.29 is 22.7 Å². The molecule has 1 saturated heterocycles. The topological polar surface area (TPSA) is 119 Å². The fourth-order valence-corrected chi connectivity index (χ4v) is 3.21. The molecule has 1 aliphatic rings. The predicted molar refractivity (Wildman–Crippen MR) is 87.6 cm³/mol. The summed E-state index contributed by atoms with van der Waals surface area (Å²) in [4.78, 5) is 25.4. The first-order valence-electron chi connectivity index (χ1n) is 7.52. The third kappa shape index (κ3) is 5.02. The lowest BCUT2D eigenvalue weighted by Gasteiger charge is -2.29. The van der Waals surface area contributed by atoms with Crippen molar-refractivity contribution >= 4 is 27.6 Å². The van der Waals surface area contributed by atoms with Gasteiger partial charge in [-0.15, -0.1) is 0 Å². The van der Waals surface area contributed by atoms with Crippen LogP contribution in [0.3, 0.4) is 0 Å². The molecule has 0 atom stereocenters. The van der Waals surface area contributed by atoms with Crippen molar-refractivity contribution in [2.45, 2.75) is 17.7 Å². The number of anilines is 1. The summed E-state index contributed by atoms with van der Waals surface area (Å²) in [6, 6.07) is 5.78. The highest BCUT2D eigenvalue weighted by Crippen LogP contribution is 2.18. The Morgan fingerprint density at radius 3 is 2.58 bits per heavy atom. The average Bonchev–Trinajstić information content (AvgIpc) is 2.54. The van der Waals surface area contributed by atoms with E-state index in [1.807, 2.05) is 4.90 Å². The number of carbonyl (C=O) groups is 2. The molecule has 132 valence electrons. The van der Waals surface area contributed by atoms with E-state index in [4.69, 9.17) is 9.88 Å². The third-order valence-corrected chi connectivity index (χ3v) is 4.85. The predicted octanol–water partition coefficient (Wildman–Crippen LogP) is 0.158. The van der Waals surface area contributed by atoms with E-state index in [0.29, 0.717) is 31.6 Å². The van der Waals surface area contributed by atoms with E-state index >= 15 is 0 Å². The van der Waals surface area contributed by atoms with Crippen molar-refractivity contribution in [2.24, 2.45) is 11.1 Å². The highest BCUT2D eigenvalue weighted by Gasteiger charge is 2.26. The molecule has 24 heavy (non-hydrogen) atoms. The van der Waals surface area contributed by atoms with Crippen LogP contribution in [0.2, 0.25) is 0 Å². The van der Waals surface area contributed by atoms with E-state index in [1.165, 1.54) is 25.3 Å². The molecule has 3 N–H and O–H groups in total. The van der Waals surface area contributed by atoms with Gasteiger partial charge in [-0.1, -0.05) is 6.07 Å². The van der Waals surface area contributed by atoms with E-state index in [-0.39, 0.29) is 29.2 Å². The number of nitrogens with two attached hydrogens (primary N) is 1. The zero-order valence-electron chi connectivity index (χ0n) is 13.4. The Hall–Kier alpha value is -1.97. The number of methoxy groups -OCH3 is 1. The van der Waals surface area contributed by atoms with Gasteiger partial charge in [-0.05, 0) is 44.1 Å². The summed E-state index contributed by atoms with van der Waals surface area (Å²) in [5.74, 6) is -0.572. The molecule has 0 spiro atoms. The molecule has 0 aliphatic carbocycles. The van der Waals surface area contributed by atoms with Crippen molar-refractivity contribution in [1.29, 1.82) is 0 Å². The lowest BCUT2D eigenvalue weighted by atomic mass is 9.97. The van der Waals surface area contributed by atoms with E-state index in [9.17, 15) is 18.0 Å². The van der Waals surface area contributed by atoms with Crippen molar-refractivity contribution in [3.05, 3.63) is 24.3 Å². The maximum atomic E-state index is 12.1. The first kappa shape index (κ1) is 18.4. The third-order valence-electron chi connectivity index (χ3n) is 3.94. The van der Waals surface area contributed by atoms with Gasteiger partial charge in [0.25, 0.3) is 0 Å². The number of hydrogen-bond acceptors (Lipinski definition) is 6. The number of likely N-dealkylation sites (tertiary alicyclic amines) is 1. The second kappa shape index (κ2) is 7.73. The number of esters is 1. The molecule has 0 unspecified atom stereocenters. The number of carbonyl (C=O) groups excluding carboxylic acids is 2. The minimum absolute atomic E-state index is 0.0563. The normalized spacial score (nSPS) is 16.6. The highest BCUT2D eigenvalue weighted by atomic mass is 32.2. The molecule has 1 amide bonds. The number of nitrogens with zero attached hydrogens (tertiary/aromatic N) is 1. The minimum atomic E-state index is -3.81. The van der Waals surface area contributed by atoms with Gasteiger partial charge in [0.05, 0.1) is 24.5 Å². The van der Waals surface area contributed by atoms with Gasteiger partial charge in [-0.3, -0.25) is 14.5 Å². The molecule has 0 bridgehead atoms. The quantitative estimate of drug-likeness (QED) is 0.726. The molecule has 2 rings (SSSR count). The minimum Gasteiger partial charge on any atom is -0.469 e. The SMILES string of the molecule is COC(=O)C1CCN(CC(=O)Nc2cccc(S(N)(=O)=O)c2)CC1. The average molecular weight is 355 g/mol. The van der Waals surface area contributed by atoms with E-state index in [1.54, 1.807) is 6.07 Å². The van der Waals surface area contributed by atoms with Crippen LogP contribution >= 0.6 is 0 Å². The molecule has 8 nitrogen and oxygen atoms in total. The summed E-state index contributed by atoms with van der Waals surface area (Å²) in [7, 11) is -2.44. The van der Waals surface area contributed by atoms with E-state index in [0.717, 1.165) is 0 Å². The summed E-state index contributed by atoms with van der Waals surface area (Å²) in [6.45, 7) is 1.43.